The maximum atomic E-state index is 13.5. The Labute approximate surface area is 197 Å². The smallest absolute Gasteiger partial charge is 0.305 e. The Kier molecular flexibility index (Phi) is 6.30. The van der Waals surface area contributed by atoms with Crippen LogP contribution in [0.25, 0.3) is 0 Å². The van der Waals surface area contributed by atoms with Gasteiger partial charge in [0, 0.05) is 5.54 Å². The molecule has 4 heteroatoms. The van der Waals surface area contributed by atoms with Gasteiger partial charge in [0.2, 0.25) is 0 Å². The molecular formula is C29H36FNO2. The van der Waals surface area contributed by atoms with Crippen LogP contribution in [0.15, 0.2) is 54.6 Å². The van der Waals surface area contributed by atoms with E-state index < -0.39 is 5.97 Å². The fourth-order valence-electron chi connectivity index (χ4n) is 6.64. The number of piperidine rings is 1. The number of carboxylic acids is 1. The van der Waals surface area contributed by atoms with Gasteiger partial charge < -0.3 is 5.11 Å². The van der Waals surface area contributed by atoms with Gasteiger partial charge in [0.15, 0.2) is 0 Å². The summed E-state index contributed by atoms with van der Waals surface area (Å²) < 4.78 is 13.5. The number of aliphatic carboxylic acids is 1. The van der Waals surface area contributed by atoms with E-state index in [0.717, 1.165) is 57.5 Å². The quantitative estimate of drug-likeness (QED) is 0.479. The van der Waals surface area contributed by atoms with Crippen LogP contribution < -0.4 is 0 Å². The van der Waals surface area contributed by atoms with Gasteiger partial charge in [-0.1, -0.05) is 42.5 Å². The zero-order valence-electron chi connectivity index (χ0n) is 19.5. The number of halogens is 1. The fraction of sp³-hybridized carbons (Fsp3) is 0.552. The van der Waals surface area contributed by atoms with Crippen LogP contribution in [0.3, 0.4) is 0 Å². The number of rotatable bonds is 9. The van der Waals surface area contributed by atoms with Gasteiger partial charge in [0.1, 0.15) is 5.82 Å². The lowest BCUT2D eigenvalue weighted by Crippen LogP contribution is -2.58. The average Bonchev–Trinajstić information content (AvgIpc) is 3.58. The first-order chi connectivity index (χ1) is 16.0. The first-order valence-electron chi connectivity index (χ1n) is 12.7. The van der Waals surface area contributed by atoms with E-state index in [9.17, 15) is 14.3 Å². The predicted molar refractivity (Wildman–Crippen MR) is 129 cm³/mol. The van der Waals surface area contributed by atoms with Gasteiger partial charge in [0.25, 0.3) is 0 Å². The average molecular weight is 450 g/mol. The van der Waals surface area contributed by atoms with E-state index >= 15 is 0 Å². The van der Waals surface area contributed by atoms with Crippen LogP contribution in [-0.2, 0) is 11.2 Å². The van der Waals surface area contributed by atoms with Gasteiger partial charge in [-0.05, 0) is 111 Å². The lowest BCUT2D eigenvalue weighted by atomic mass is 9.67. The van der Waals surface area contributed by atoms with E-state index in [0.29, 0.717) is 5.92 Å². The first kappa shape index (κ1) is 22.6. The van der Waals surface area contributed by atoms with Crippen LogP contribution in [0.2, 0.25) is 0 Å². The van der Waals surface area contributed by atoms with Crippen LogP contribution >= 0.6 is 0 Å². The number of hydrogen-bond donors (Lipinski definition) is 1. The molecular weight excluding hydrogens is 413 g/mol. The normalized spacial score (nSPS) is 25.8. The molecule has 5 rings (SSSR count). The van der Waals surface area contributed by atoms with Crippen LogP contribution in [-0.4, -0.2) is 34.6 Å². The molecule has 2 aliphatic carbocycles. The van der Waals surface area contributed by atoms with Crippen molar-refractivity contribution in [2.45, 2.75) is 75.7 Å². The largest absolute Gasteiger partial charge is 0.481 e. The Morgan fingerprint density at radius 1 is 1.00 bits per heavy atom. The molecule has 0 amide bonds. The minimum Gasteiger partial charge on any atom is -0.481 e. The number of carbonyl (C=O) groups is 1. The van der Waals surface area contributed by atoms with Gasteiger partial charge in [0.05, 0.1) is 6.42 Å². The number of carboxylic acid groups (broad SMARTS) is 1. The molecule has 2 saturated carbocycles. The Morgan fingerprint density at radius 2 is 1.70 bits per heavy atom. The highest BCUT2D eigenvalue weighted by Gasteiger charge is 2.48. The van der Waals surface area contributed by atoms with Crippen molar-refractivity contribution in [3.63, 3.8) is 0 Å². The number of benzene rings is 2. The molecule has 0 aromatic heterocycles. The van der Waals surface area contributed by atoms with E-state index in [1.807, 2.05) is 12.1 Å². The summed E-state index contributed by atoms with van der Waals surface area (Å²) in [5, 5.41) is 9.48. The third-order valence-electron chi connectivity index (χ3n) is 8.95. The molecule has 0 spiro atoms. The molecule has 3 nitrogen and oxygen atoms in total. The van der Waals surface area contributed by atoms with Gasteiger partial charge in [-0.2, -0.15) is 0 Å². The lowest BCUT2D eigenvalue weighted by Gasteiger charge is -2.54. The topological polar surface area (TPSA) is 40.5 Å². The first-order valence-corrected chi connectivity index (χ1v) is 12.7. The Balaban J connectivity index is 1.26. The summed E-state index contributed by atoms with van der Waals surface area (Å²) in [5.74, 6) is 0.647. The third kappa shape index (κ3) is 5.01. The minimum absolute atomic E-state index is 0.108. The van der Waals surface area contributed by atoms with E-state index in [4.69, 9.17) is 0 Å². The van der Waals surface area contributed by atoms with Crippen molar-refractivity contribution >= 4 is 5.97 Å². The van der Waals surface area contributed by atoms with Gasteiger partial charge in [-0.25, -0.2) is 4.39 Å². The predicted octanol–water partition coefficient (Wildman–Crippen LogP) is 6.43. The molecule has 1 heterocycles. The Bertz CT molecular complexity index is 945. The molecule has 33 heavy (non-hydrogen) atoms. The molecule has 0 radical (unpaired) electrons. The second-order valence-electron chi connectivity index (χ2n) is 11.0. The minimum atomic E-state index is -0.668. The zero-order valence-corrected chi connectivity index (χ0v) is 19.5. The zero-order chi connectivity index (χ0) is 22.9. The molecule has 1 N–H and O–H groups in total. The van der Waals surface area contributed by atoms with Crippen molar-refractivity contribution in [2.75, 3.05) is 13.1 Å². The number of hydrogen-bond acceptors (Lipinski definition) is 2. The second kappa shape index (κ2) is 9.21. The molecule has 2 aromatic carbocycles. The van der Waals surface area contributed by atoms with Gasteiger partial charge >= 0.3 is 5.97 Å². The summed E-state index contributed by atoms with van der Waals surface area (Å²) >= 11 is 0. The standard InChI is InChI=1S/C29H36FNO2/c30-25-9-7-22(8-10-25)20-28(14-11-24-19-26(24)23-5-2-1-3-6-23)15-17-31(18-16-28)29(12-4-13-29)21-27(32)33/h1-3,5-10,24,26H,4,11-21H2,(H,32,33)/t24-,26?/m1/s1. The van der Waals surface area contributed by atoms with Crippen molar-refractivity contribution in [1.29, 1.82) is 0 Å². The molecule has 0 bridgehead atoms. The maximum absolute atomic E-state index is 13.5. The van der Waals surface area contributed by atoms with Crippen LogP contribution in [0.5, 0.6) is 0 Å². The van der Waals surface area contributed by atoms with Crippen molar-refractivity contribution < 1.29 is 14.3 Å². The van der Waals surface area contributed by atoms with Crippen molar-refractivity contribution in [2.24, 2.45) is 11.3 Å². The Morgan fingerprint density at radius 3 is 2.30 bits per heavy atom. The molecule has 2 aromatic rings. The third-order valence-corrected chi connectivity index (χ3v) is 8.95. The highest BCUT2D eigenvalue weighted by atomic mass is 19.1. The van der Waals surface area contributed by atoms with Crippen molar-refractivity contribution in [1.82, 2.24) is 4.90 Å². The molecule has 2 atom stereocenters. The van der Waals surface area contributed by atoms with Crippen LogP contribution in [0.1, 0.15) is 74.8 Å². The van der Waals surface area contributed by atoms with Crippen molar-refractivity contribution in [3.05, 3.63) is 71.5 Å². The molecule has 3 aliphatic rings. The van der Waals surface area contributed by atoms with E-state index in [2.05, 4.69) is 35.2 Å². The highest BCUT2D eigenvalue weighted by Crippen LogP contribution is 2.53. The molecule has 176 valence electrons. The van der Waals surface area contributed by atoms with Crippen molar-refractivity contribution in [3.8, 4) is 0 Å². The molecule has 1 saturated heterocycles. The summed E-state index contributed by atoms with van der Waals surface area (Å²) in [6, 6.07) is 18.0. The number of likely N-dealkylation sites (tertiary alicyclic amines) is 1. The monoisotopic (exact) mass is 449 g/mol. The van der Waals surface area contributed by atoms with Gasteiger partial charge in [-0.3, -0.25) is 9.69 Å². The lowest BCUT2D eigenvalue weighted by molar-refractivity contribution is -0.144. The fourth-order valence-corrected chi connectivity index (χ4v) is 6.64. The molecule has 3 fully saturated rings. The number of nitrogens with zero attached hydrogens (tertiary/aromatic N) is 1. The summed E-state index contributed by atoms with van der Waals surface area (Å²) in [6.07, 6.45) is 10.4. The second-order valence-corrected chi connectivity index (χ2v) is 11.0. The maximum Gasteiger partial charge on any atom is 0.305 e. The summed E-state index contributed by atoms with van der Waals surface area (Å²) in [5.41, 5.74) is 2.82. The molecule has 1 unspecified atom stereocenters. The summed E-state index contributed by atoms with van der Waals surface area (Å²) in [6.45, 7) is 1.97. The highest BCUT2D eigenvalue weighted by molar-refractivity contribution is 5.68. The van der Waals surface area contributed by atoms with E-state index in [-0.39, 0.29) is 23.2 Å². The Hall–Kier alpha value is -2.20. The van der Waals surface area contributed by atoms with Gasteiger partial charge in [-0.15, -0.1) is 0 Å². The van der Waals surface area contributed by atoms with E-state index in [1.54, 1.807) is 12.1 Å². The molecule has 1 aliphatic heterocycles. The van der Waals surface area contributed by atoms with Crippen LogP contribution in [0, 0.1) is 17.2 Å². The van der Waals surface area contributed by atoms with E-state index in [1.165, 1.54) is 30.4 Å². The van der Waals surface area contributed by atoms with Crippen LogP contribution in [0.4, 0.5) is 4.39 Å². The summed E-state index contributed by atoms with van der Waals surface area (Å²) in [7, 11) is 0. The summed E-state index contributed by atoms with van der Waals surface area (Å²) in [4.78, 5) is 14.0. The SMILES string of the molecule is O=C(O)CC1(N2CCC(CC[C@@H]3CC3c3ccccc3)(Cc3ccc(F)cc3)CC2)CCC1.